The first kappa shape index (κ1) is 21.4. The molecule has 1 aromatic carbocycles. The lowest BCUT2D eigenvalue weighted by Gasteiger charge is -2.12. The first-order valence-corrected chi connectivity index (χ1v) is 13.1. The quantitative estimate of drug-likeness (QED) is 0.225. The average molecular weight is 491 g/mol. The van der Waals surface area contributed by atoms with Crippen LogP contribution in [0.5, 0.6) is 0 Å². The smallest absolute Gasteiger partial charge is 0.263 e. The van der Waals surface area contributed by atoms with Gasteiger partial charge in [0.15, 0.2) is 5.16 Å². The Balaban J connectivity index is 1.34. The van der Waals surface area contributed by atoms with Crippen molar-refractivity contribution in [2.75, 3.05) is 0 Å². The topological polar surface area (TPSA) is 87.0 Å². The Kier molecular flexibility index (Phi) is 5.58. The molecule has 9 heteroatoms. The molecule has 0 saturated carbocycles. The second kappa shape index (κ2) is 8.88. The van der Waals surface area contributed by atoms with E-state index in [2.05, 4.69) is 10.2 Å². The number of benzene rings is 1. The van der Waals surface area contributed by atoms with Gasteiger partial charge < -0.3 is 8.83 Å². The Bertz CT molecular complexity index is 1510. The van der Waals surface area contributed by atoms with Gasteiger partial charge in [-0.1, -0.05) is 29.5 Å². The van der Waals surface area contributed by atoms with Crippen molar-refractivity contribution in [3.8, 4) is 11.5 Å². The molecular weight excluding hydrogens is 468 g/mol. The van der Waals surface area contributed by atoms with Crippen molar-refractivity contribution in [1.29, 1.82) is 0 Å². The van der Waals surface area contributed by atoms with Gasteiger partial charge in [0.2, 0.25) is 11.8 Å². The number of hydrogen-bond acceptors (Lipinski definition) is 8. The Hall–Kier alpha value is -3.17. The molecule has 7 nitrogen and oxygen atoms in total. The first-order valence-electron chi connectivity index (χ1n) is 11.3. The van der Waals surface area contributed by atoms with Gasteiger partial charge >= 0.3 is 0 Å². The Morgan fingerprint density at radius 2 is 1.97 bits per heavy atom. The molecule has 0 atom stereocenters. The van der Waals surface area contributed by atoms with Gasteiger partial charge in [-0.25, -0.2) is 4.98 Å². The maximum atomic E-state index is 13.7. The molecule has 0 spiro atoms. The zero-order chi connectivity index (χ0) is 23.1. The molecule has 0 N–H and O–H groups in total. The van der Waals surface area contributed by atoms with Crippen molar-refractivity contribution in [3.05, 3.63) is 80.7 Å². The molecule has 34 heavy (non-hydrogen) atoms. The highest BCUT2D eigenvalue weighted by Gasteiger charge is 2.23. The Morgan fingerprint density at radius 3 is 2.79 bits per heavy atom. The number of nitrogens with zero attached hydrogens (tertiary/aromatic N) is 4. The minimum Gasteiger partial charge on any atom is -0.467 e. The highest BCUT2D eigenvalue weighted by Crippen LogP contribution is 2.35. The predicted octanol–water partition coefficient (Wildman–Crippen LogP) is 5.63. The number of aryl methyl sites for hydroxylation is 3. The van der Waals surface area contributed by atoms with Crippen molar-refractivity contribution in [3.63, 3.8) is 0 Å². The van der Waals surface area contributed by atoms with E-state index in [1.807, 2.05) is 43.3 Å². The summed E-state index contributed by atoms with van der Waals surface area (Å²) in [6.07, 6.45) is 5.88. The molecule has 0 unspecified atom stereocenters. The summed E-state index contributed by atoms with van der Waals surface area (Å²) >= 11 is 3.08. The van der Waals surface area contributed by atoms with Crippen LogP contribution < -0.4 is 5.56 Å². The number of furan rings is 1. The Labute approximate surface area is 203 Å². The highest BCUT2D eigenvalue weighted by atomic mass is 32.2. The SMILES string of the molecule is Cc1ccc(-c2nnc(CSc3nc4sc5c(c4c(=O)n3Cc3ccco3)CCCC5)o2)cc1. The second-order valence-corrected chi connectivity index (χ2v) is 10.4. The van der Waals surface area contributed by atoms with E-state index in [0.29, 0.717) is 35.0 Å². The summed E-state index contributed by atoms with van der Waals surface area (Å²) in [4.78, 5) is 20.7. The number of fused-ring (bicyclic) bond motifs is 3. The molecule has 6 rings (SSSR count). The number of thioether (sulfide) groups is 1. The molecule has 172 valence electrons. The summed E-state index contributed by atoms with van der Waals surface area (Å²) in [5.74, 6) is 2.11. The van der Waals surface area contributed by atoms with Gasteiger partial charge in [0.05, 0.1) is 23.9 Å². The third kappa shape index (κ3) is 3.99. The van der Waals surface area contributed by atoms with Crippen LogP contribution in [0.15, 0.2) is 61.4 Å². The van der Waals surface area contributed by atoms with E-state index in [0.717, 1.165) is 35.0 Å². The first-order chi connectivity index (χ1) is 16.7. The third-order valence-electron chi connectivity index (χ3n) is 6.02. The fraction of sp³-hybridized carbons (Fsp3) is 0.280. The van der Waals surface area contributed by atoms with E-state index in [1.54, 1.807) is 22.2 Å². The van der Waals surface area contributed by atoms with Gasteiger partial charge in [0.1, 0.15) is 10.6 Å². The molecule has 0 saturated heterocycles. The van der Waals surface area contributed by atoms with E-state index in [-0.39, 0.29) is 5.56 Å². The largest absolute Gasteiger partial charge is 0.467 e. The predicted molar refractivity (Wildman–Crippen MR) is 132 cm³/mol. The lowest BCUT2D eigenvalue weighted by molar-refractivity contribution is 0.476. The molecule has 0 aliphatic heterocycles. The summed E-state index contributed by atoms with van der Waals surface area (Å²) in [6.45, 7) is 2.37. The molecule has 0 fully saturated rings. The van der Waals surface area contributed by atoms with Gasteiger partial charge in [0.25, 0.3) is 5.56 Å². The summed E-state index contributed by atoms with van der Waals surface area (Å²) in [6, 6.07) is 11.7. The van der Waals surface area contributed by atoms with Gasteiger partial charge in [-0.2, -0.15) is 0 Å². The molecule has 0 radical (unpaired) electrons. The number of aromatic nitrogens is 4. The molecule has 1 aliphatic carbocycles. The van der Waals surface area contributed by atoms with E-state index in [1.165, 1.54) is 34.2 Å². The molecular formula is C25H22N4O3S2. The van der Waals surface area contributed by atoms with Crippen LogP contribution in [-0.4, -0.2) is 19.7 Å². The van der Waals surface area contributed by atoms with Gasteiger partial charge in [0, 0.05) is 10.4 Å². The van der Waals surface area contributed by atoms with Crippen LogP contribution in [0.1, 0.15) is 40.5 Å². The monoisotopic (exact) mass is 490 g/mol. The van der Waals surface area contributed by atoms with E-state index in [4.69, 9.17) is 13.8 Å². The summed E-state index contributed by atoms with van der Waals surface area (Å²) in [5, 5.41) is 9.80. The van der Waals surface area contributed by atoms with Crippen LogP contribution in [0.3, 0.4) is 0 Å². The fourth-order valence-corrected chi connectivity index (χ4v) is 6.42. The lowest BCUT2D eigenvalue weighted by atomic mass is 9.97. The molecule has 4 aromatic heterocycles. The van der Waals surface area contributed by atoms with Crippen molar-refractivity contribution in [1.82, 2.24) is 19.7 Å². The maximum Gasteiger partial charge on any atom is 0.263 e. The van der Waals surface area contributed by atoms with Crippen molar-refractivity contribution in [2.24, 2.45) is 0 Å². The lowest BCUT2D eigenvalue weighted by Crippen LogP contribution is -2.24. The van der Waals surface area contributed by atoms with Crippen LogP contribution in [0.4, 0.5) is 0 Å². The summed E-state index contributed by atoms with van der Waals surface area (Å²) < 4.78 is 13.1. The fourth-order valence-electron chi connectivity index (χ4n) is 4.28. The minimum atomic E-state index is -0.00539. The van der Waals surface area contributed by atoms with E-state index < -0.39 is 0 Å². The maximum absolute atomic E-state index is 13.7. The van der Waals surface area contributed by atoms with Crippen LogP contribution in [0.2, 0.25) is 0 Å². The van der Waals surface area contributed by atoms with Crippen LogP contribution in [-0.2, 0) is 25.1 Å². The standard InChI is InChI=1S/C25H22N4O3S2/c1-15-8-10-16(11-9-15)22-28-27-20(32-22)14-33-25-26-23-21(18-6-2-3-7-19(18)34-23)24(30)29(25)13-17-5-4-12-31-17/h4-5,8-12H,2-3,6-7,13-14H2,1H3. The van der Waals surface area contributed by atoms with Gasteiger partial charge in [-0.3, -0.25) is 9.36 Å². The van der Waals surface area contributed by atoms with Gasteiger partial charge in [-0.15, -0.1) is 21.5 Å². The van der Waals surface area contributed by atoms with Crippen LogP contribution in [0, 0.1) is 6.92 Å². The zero-order valence-electron chi connectivity index (χ0n) is 18.6. The number of thiophene rings is 1. The minimum absolute atomic E-state index is 0.00539. The highest BCUT2D eigenvalue weighted by molar-refractivity contribution is 7.98. The van der Waals surface area contributed by atoms with Crippen LogP contribution in [0.25, 0.3) is 21.7 Å². The van der Waals surface area contributed by atoms with Crippen molar-refractivity contribution >= 4 is 33.3 Å². The van der Waals surface area contributed by atoms with Crippen molar-refractivity contribution < 1.29 is 8.83 Å². The molecule has 0 bridgehead atoms. The average Bonchev–Trinajstić information content (AvgIpc) is 3.60. The number of rotatable bonds is 6. The van der Waals surface area contributed by atoms with E-state index >= 15 is 0 Å². The molecule has 5 aromatic rings. The van der Waals surface area contributed by atoms with E-state index in [9.17, 15) is 4.79 Å². The molecule has 4 heterocycles. The summed E-state index contributed by atoms with van der Waals surface area (Å²) in [7, 11) is 0. The normalized spacial score (nSPS) is 13.4. The van der Waals surface area contributed by atoms with Crippen molar-refractivity contribution in [2.45, 2.75) is 50.1 Å². The third-order valence-corrected chi connectivity index (χ3v) is 8.17. The molecule has 1 aliphatic rings. The summed E-state index contributed by atoms with van der Waals surface area (Å²) in [5.41, 5.74) is 3.24. The zero-order valence-corrected chi connectivity index (χ0v) is 20.2. The second-order valence-electron chi connectivity index (χ2n) is 8.41. The molecule has 0 amide bonds. The van der Waals surface area contributed by atoms with Gasteiger partial charge in [-0.05, 0) is 62.4 Å². The van der Waals surface area contributed by atoms with Crippen LogP contribution >= 0.6 is 23.1 Å². The Morgan fingerprint density at radius 1 is 1.12 bits per heavy atom. The number of hydrogen-bond donors (Lipinski definition) is 0.